The maximum atomic E-state index is 12.4. The summed E-state index contributed by atoms with van der Waals surface area (Å²) in [6.45, 7) is 4.90. The molecule has 3 N–H and O–H groups in total. The van der Waals surface area contributed by atoms with Crippen molar-refractivity contribution in [2.24, 2.45) is 11.1 Å². The van der Waals surface area contributed by atoms with Gasteiger partial charge in [0.25, 0.3) is 0 Å². The number of piperidine rings is 1. The van der Waals surface area contributed by atoms with Gasteiger partial charge in [0.05, 0.1) is 5.41 Å². The molecular formula is C16H31N3O. The zero-order valence-electron chi connectivity index (χ0n) is 12.8. The minimum atomic E-state index is -0.261. The summed E-state index contributed by atoms with van der Waals surface area (Å²) in [5.74, 6) is 0.207. The lowest BCUT2D eigenvalue weighted by Crippen LogP contribution is -2.47. The quantitative estimate of drug-likeness (QED) is 0.731. The summed E-state index contributed by atoms with van der Waals surface area (Å²) in [5.41, 5.74) is 5.63. The number of hydrogen-bond donors (Lipinski definition) is 2. The second-order valence-corrected chi connectivity index (χ2v) is 6.56. The largest absolute Gasteiger partial charge is 0.356 e. The number of nitrogens with zero attached hydrogens (tertiary/aromatic N) is 1. The average Bonchev–Trinajstić information content (AvgIpc) is 2.53. The van der Waals surface area contributed by atoms with Gasteiger partial charge in [-0.25, -0.2) is 0 Å². The Morgan fingerprint density at radius 2 is 1.70 bits per heavy atom. The van der Waals surface area contributed by atoms with Gasteiger partial charge in [0.1, 0.15) is 0 Å². The number of carbonyl (C=O) groups excluding carboxylic acids is 1. The molecule has 1 saturated heterocycles. The average molecular weight is 281 g/mol. The van der Waals surface area contributed by atoms with Gasteiger partial charge >= 0.3 is 0 Å². The highest BCUT2D eigenvalue weighted by Crippen LogP contribution is 2.35. The lowest BCUT2D eigenvalue weighted by Gasteiger charge is -2.34. The molecule has 0 spiro atoms. The van der Waals surface area contributed by atoms with Gasteiger partial charge in [-0.1, -0.05) is 25.7 Å². The Morgan fingerprint density at radius 3 is 2.35 bits per heavy atom. The molecule has 1 aliphatic heterocycles. The Balaban J connectivity index is 1.65. The maximum Gasteiger partial charge on any atom is 0.227 e. The van der Waals surface area contributed by atoms with E-state index in [1.165, 1.54) is 38.8 Å². The first kappa shape index (κ1) is 15.8. The molecule has 4 heteroatoms. The van der Waals surface area contributed by atoms with E-state index in [2.05, 4.69) is 10.2 Å². The molecule has 2 fully saturated rings. The van der Waals surface area contributed by atoms with Crippen LogP contribution in [0.25, 0.3) is 0 Å². The molecule has 1 saturated carbocycles. The topological polar surface area (TPSA) is 58.4 Å². The first-order valence-electron chi connectivity index (χ1n) is 8.48. The molecular weight excluding hydrogens is 250 g/mol. The van der Waals surface area contributed by atoms with Crippen LogP contribution in [0.4, 0.5) is 0 Å². The van der Waals surface area contributed by atoms with Crippen molar-refractivity contribution in [2.45, 2.75) is 57.8 Å². The van der Waals surface area contributed by atoms with Gasteiger partial charge in [-0.2, -0.15) is 0 Å². The highest BCUT2D eigenvalue weighted by molar-refractivity contribution is 5.82. The van der Waals surface area contributed by atoms with Crippen molar-refractivity contribution in [2.75, 3.05) is 32.7 Å². The molecule has 0 bridgehead atoms. The van der Waals surface area contributed by atoms with Crippen LogP contribution in [-0.2, 0) is 4.79 Å². The third-order valence-electron chi connectivity index (χ3n) is 5.07. The summed E-state index contributed by atoms with van der Waals surface area (Å²) in [6.07, 6.45) is 10.6. The monoisotopic (exact) mass is 281 g/mol. The van der Waals surface area contributed by atoms with Gasteiger partial charge < -0.3 is 16.0 Å². The molecule has 0 aromatic heterocycles. The first-order chi connectivity index (χ1) is 9.77. The Morgan fingerprint density at radius 1 is 1.05 bits per heavy atom. The van der Waals surface area contributed by atoms with Gasteiger partial charge in [0.2, 0.25) is 5.91 Å². The predicted octanol–water partition coefficient (Wildman–Crippen LogP) is 1.89. The highest BCUT2D eigenvalue weighted by atomic mass is 16.2. The zero-order valence-corrected chi connectivity index (χ0v) is 12.8. The molecule has 0 atom stereocenters. The van der Waals surface area contributed by atoms with Crippen LogP contribution in [0.1, 0.15) is 57.8 Å². The fourth-order valence-electron chi connectivity index (χ4n) is 3.63. The fraction of sp³-hybridized carbons (Fsp3) is 0.938. The minimum Gasteiger partial charge on any atom is -0.356 e. The smallest absolute Gasteiger partial charge is 0.227 e. The highest BCUT2D eigenvalue weighted by Gasteiger charge is 2.37. The molecule has 2 aliphatic rings. The van der Waals surface area contributed by atoms with Crippen molar-refractivity contribution in [3.05, 3.63) is 0 Å². The van der Waals surface area contributed by atoms with Crippen molar-refractivity contribution < 1.29 is 4.79 Å². The minimum absolute atomic E-state index is 0.207. The number of amides is 1. The molecule has 2 rings (SSSR count). The van der Waals surface area contributed by atoms with Crippen molar-refractivity contribution in [3.63, 3.8) is 0 Å². The molecule has 0 aromatic rings. The van der Waals surface area contributed by atoms with Crippen molar-refractivity contribution >= 4 is 5.91 Å². The van der Waals surface area contributed by atoms with Crippen LogP contribution in [0.15, 0.2) is 0 Å². The first-order valence-corrected chi connectivity index (χ1v) is 8.48. The molecule has 1 amide bonds. The van der Waals surface area contributed by atoms with E-state index < -0.39 is 0 Å². The van der Waals surface area contributed by atoms with E-state index in [0.717, 1.165) is 45.2 Å². The van der Waals surface area contributed by atoms with Gasteiger partial charge in [0, 0.05) is 13.1 Å². The number of likely N-dealkylation sites (tertiary alicyclic amines) is 1. The number of nitrogens with one attached hydrogen (secondary N) is 1. The summed E-state index contributed by atoms with van der Waals surface area (Å²) in [7, 11) is 0. The second-order valence-electron chi connectivity index (χ2n) is 6.56. The summed E-state index contributed by atoms with van der Waals surface area (Å²) >= 11 is 0. The molecule has 1 heterocycles. The number of hydrogen-bond acceptors (Lipinski definition) is 3. The van der Waals surface area contributed by atoms with Crippen LogP contribution < -0.4 is 11.1 Å². The summed E-state index contributed by atoms with van der Waals surface area (Å²) in [6, 6.07) is 0. The third-order valence-corrected chi connectivity index (χ3v) is 5.07. The lowest BCUT2D eigenvalue weighted by molar-refractivity contribution is -0.132. The van der Waals surface area contributed by atoms with E-state index in [-0.39, 0.29) is 11.3 Å². The van der Waals surface area contributed by atoms with E-state index >= 15 is 0 Å². The SMILES string of the molecule is NCC1(C(=O)NCCCN2CCCCC2)CCCCC1. The van der Waals surface area contributed by atoms with Crippen LogP contribution in [0.5, 0.6) is 0 Å². The van der Waals surface area contributed by atoms with E-state index in [1.807, 2.05) is 0 Å². The fourth-order valence-corrected chi connectivity index (χ4v) is 3.63. The summed E-state index contributed by atoms with van der Waals surface area (Å²) in [5, 5.41) is 3.14. The zero-order chi connectivity index (χ0) is 14.3. The molecule has 0 aromatic carbocycles. The van der Waals surface area contributed by atoms with E-state index in [0.29, 0.717) is 6.54 Å². The number of carbonyl (C=O) groups is 1. The van der Waals surface area contributed by atoms with E-state index in [1.54, 1.807) is 0 Å². The van der Waals surface area contributed by atoms with Crippen LogP contribution in [0.2, 0.25) is 0 Å². The van der Waals surface area contributed by atoms with Crippen LogP contribution in [0, 0.1) is 5.41 Å². The Kier molecular flexibility index (Phi) is 6.30. The predicted molar refractivity (Wildman–Crippen MR) is 82.5 cm³/mol. The van der Waals surface area contributed by atoms with Gasteiger partial charge in [-0.05, 0) is 51.7 Å². The third kappa shape index (κ3) is 4.19. The molecule has 0 radical (unpaired) electrons. The van der Waals surface area contributed by atoms with Gasteiger partial charge in [-0.3, -0.25) is 4.79 Å². The molecule has 1 aliphatic carbocycles. The summed E-state index contributed by atoms with van der Waals surface area (Å²) in [4.78, 5) is 14.9. The molecule has 116 valence electrons. The van der Waals surface area contributed by atoms with E-state index in [9.17, 15) is 4.79 Å². The van der Waals surface area contributed by atoms with Crippen LogP contribution >= 0.6 is 0 Å². The number of nitrogens with two attached hydrogens (primary N) is 1. The van der Waals surface area contributed by atoms with Crippen molar-refractivity contribution in [3.8, 4) is 0 Å². The Labute approximate surface area is 123 Å². The lowest BCUT2D eigenvalue weighted by atomic mass is 9.73. The standard InChI is InChI=1S/C16H31N3O/c17-14-16(8-3-1-4-9-16)15(20)18-10-7-13-19-11-5-2-6-12-19/h1-14,17H2,(H,18,20). The van der Waals surface area contributed by atoms with Crippen molar-refractivity contribution in [1.29, 1.82) is 0 Å². The Bertz CT molecular complexity index is 294. The molecule has 0 unspecified atom stereocenters. The maximum absolute atomic E-state index is 12.4. The van der Waals surface area contributed by atoms with Crippen molar-refractivity contribution in [1.82, 2.24) is 10.2 Å². The Hall–Kier alpha value is -0.610. The number of rotatable bonds is 6. The van der Waals surface area contributed by atoms with Crippen LogP contribution in [0.3, 0.4) is 0 Å². The van der Waals surface area contributed by atoms with Gasteiger partial charge in [-0.15, -0.1) is 0 Å². The van der Waals surface area contributed by atoms with Crippen LogP contribution in [-0.4, -0.2) is 43.5 Å². The van der Waals surface area contributed by atoms with Gasteiger partial charge in [0.15, 0.2) is 0 Å². The second kappa shape index (κ2) is 7.99. The van der Waals surface area contributed by atoms with E-state index in [4.69, 9.17) is 5.73 Å². The normalized spacial score (nSPS) is 23.4. The summed E-state index contributed by atoms with van der Waals surface area (Å²) < 4.78 is 0. The molecule has 4 nitrogen and oxygen atoms in total. The molecule has 20 heavy (non-hydrogen) atoms.